The Morgan fingerprint density at radius 3 is 2.00 bits per heavy atom. The molecule has 2 N–H and O–H groups in total. The molecule has 0 aliphatic carbocycles. The summed E-state index contributed by atoms with van der Waals surface area (Å²) in [7, 11) is 1.86. The molecular weight excluding hydrogens is 298 g/mol. The van der Waals surface area contributed by atoms with E-state index in [0.29, 0.717) is 25.6 Å². The molecule has 0 radical (unpaired) electrons. The third-order valence-electron chi connectivity index (χ3n) is 3.36. The summed E-state index contributed by atoms with van der Waals surface area (Å²) in [5.41, 5.74) is 0. The molecule has 0 aliphatic heterocycles. The summed E-state index contributed by atoms with van der Waals surface area (Å²) in [5.74, 6) is -2.26. The summed E-state index contributed by atoms with van der Waals surface area (Å²) >= 11 is 0. The third-order valence-corrected chi connectivity index (χ3v) is 6.19. The van der Waals surface area contributed by atoms with Gasteiger partial charge < -0.3 is 23.5 Å². The molecule has 0 saturated heterocycles. The number of carboxylic acids is 2. The molecule has 0 heterocycles. The maximum Gasteiger partial charge on any atom is 0.500 e. The highest BCUT2D eigenvalue weighted by Gasteiger charge is 2.37. The van der Waals surface area contributed by atoms with Crippen LogP contribution in [-0.2, 0) is 22.9 Å². The van der Waals surface area contributed by atoms with Crippen molar-refractivity contribution in [2.45, 2.75) is 31.9 Å². The molecule has 1 unspecified atom stereocenters. The summed E-state index contributed by atoms with van der Waals surface area (Å²) in [4.78, 5) is 23.6. The molecule has 0 aromatic carbocycles. The molecule has 0 aromatic heterocycles. The van der Waals surface area contributed by atoms with Crippen LogP contribution in [0.15, 0.2) is 0 Å². The van der Waals surface area contributed by atoms with Gasteiger partial charge in [0.2, 0.25) is 0 Å². The number of hydrogen-bond donors (Lipinski definition) is 2. The second-order valence-electron chi connectivity index (χ2n) is 4.48. The van der Waals surface area contributed by atoms with Crippen molar-refractivity contribution in [2.24, 2.45) is 0 Å². The van der Waals surface area contributed by atoms with E-state index >= 15 is 0 Å². The molecule has 0 aromatic rings. The summed E-state index contributed by atoms with van der Waals surface area (Å²) in [5, 5.41) is 18.0. The number of carbonyl (C=O) groups is 2. The number of likely N-dealkylation sites (N-methyl/N-ethyl adjacent to an activating group) is 1. The minimum atomic E-state index is -2.68. The van der Waals surface area contributed by atoms with Crippen LogP contribution < -0.4 is 0 Å². The van der Waals surface area contributed by atoms with Crippen LogP contribution in [0.2, 0.25) is 6.04 Å². The maximum atomic E-state index is 11.2. The zero-order valence-electron chi connectivity index (χ0n) is 13.0. The Morgan fingerprint density at radius 1 is 1.14 bits per heavy atom. The van der Waals surface area contributed by atoms with Gasteiger partial charge in [-0.1, -0.05) is 6.92 Å². The average molecular weight is 323 g/mol. The third kappa shape index (κ3) is 6.53. The minimum absolute atomic E-state index is 0.426. The number of carboxylic acid groups (broad SMARTS) is 2. The molecule has 21 heavy (non-hydrogen) atoms. The van der Waals surface area contributed by atoms with Gasteiger partial charge in [-0.15, -0.1) is 0 Å². The molecule has 0 rings (SSSR count). The molecule has 8 nitrogen and oxygen atoms in total. The van der Waals surface area contributed by atoms with Crippen LogP contribution in [0.1, 0.15) is 19.8 Å². The monoisotopic (exact) mass is 323 g/mol. The first-order valence-corrected chi connectivity index (χ1v) is 8.63. The van der Waals surface area contributed by atoms with Crippen molar-refractivity contribution >= 4 is 20.7 Å². The SMILES string of the molecule is CCN(CCC[Si](OC)(OC)OC)C(CC(=O)O)C(=O)O. The zero-order chi connectivity index (χ0) is 16.5. The summed E-state index contributed by atoms with van der Waals surface area (Å²) in [6.07, 6.45) is 0.170. The van der Waals surface area contributed by atoms with E-state index in [1.165, 1.54) is 21.3 Å². The highest BCUT2D eigenvalue weighted by molar-refractivity contribution is 6.60. The van der Waals surface area contributed by atoms with Crippen molar-refractivity contribution in [3.8, 4) is 0 Å². The quantitative estimate of drug-likeness (QED) is 0.500. The lowest BCUT2D eigenvalue weighted by Gasteiger charge is -2.28. The predicted octanol–water partition coefficient (Wildman–Crippen LogP) is 0.504. The van der Waals surface area contributed by atoms with Gasteiger partial charge in [0, 0.05) is 27.4 Å². The zero-order valence-corrected chi connectivity index (χ0v) is 14.0. The molecule has 1 atom stereocenters. The number of rotatable bonds is 12. The average Bonchev–Trinajstić information content (AvgIpc) is 2.46. The van der Waals surface area contributed by atoms with Crippen molar-refractivity contribution < 1.29 is 33.1 Å². The molecule has 0 amide bonds. The highest BCUT2D eigenvalue weighted by Crippen LogP contribution is 2.16. The molecule has 0 saturated carbocycles. The maximum absolute atomic E-state index is 11.2. The van der Waals surface area contributed by atoms with Crippen molar-refractivity contribution in [2.75, 3.05) is 34.4 Å². The second kappa shape index (κ2) is 9.85. The van der Waals surface area contributed by atoms with Gasteiger partial charge in [-0.05, 0) is 19.5 Å². The fraction of sp³-hybridized carbons (Fsp3) is 0.833. The highest BCUT2D eigenvalue weighted by atomic mass is 28.4. The molecule has 0 bridgehead atoms. The lowest BCUT2D eigenvalue weighted by Crippen LogP contribution is -2.45. The van der Waals surface area contributed by atoms with Gasteiger partial charge in [-0.3, -0.25) is 14.5 Å². The standard InChI is InChI=1S/C12H25NO7Si/c1-5-13(10(12(16)17)9-11(14)15)7-6-8-21(18-2,19-3)20-4/h10H,5-9H2,1-4H3,(H,14,15)(H,16,17). The van der Waals surface area contributed by atoms with Crippen LogP contribution >= 0.6 is 0 Å². The fourth-order valence-electron chi connectivity index (χ4n) is 2.13. The van der Waals surface area contributed by atoms with Crippen LogP contribution in [0, 0.1) is 0 Å². The Balaban J connectivity index is 4.61. The van der Waals surface area contributed by atoms with E-state index in [1.54, 1.807) is 11.8 Å². The smallest absolute Gasteiger partial charge is 0.481 e. The van der Waals surface area contributed by atoms with Crippen molar-refractivity contribution in [3.05, 3.63) is 0 Å². The first kappa shape index (κ1) is 20.0. The van der Waals surface area contributed by atoms with Gasteiger partial charge in [0.25, 0.3) is 0 Å². The van der Waals surface area contributed by atoms with Crippen LogP contribution in [0.5, 0.6) is 0 Å². The molecule has 124 valence electrons. The van der Waals surface area contributed by atoms with Crippen molar-refractivity contribution in [3.63, 3.8) is 0 Å². The van der Waals surface area contributed by atoms with E-state index in [2.05, 4.69) is 0 Å². The Hall–Kier alpha value is -1.00. The van der Waals surface area contributed by atoms with Gasteiger partial charge >= 0.3 is 20.7 Å². The van der Waals surface area contributed by atoms with E-state index in [1.807, 2.05) is 0 Å². The van der Waals surface area contributed by atoms with E-state index in [-0.39, 0.29) is 0 Å². The predicted molar refractivity (Wildman–Crippen MR) is 77.1 cm³/mol. The molecular formula is C12H25NO7Si. The molecule has 0 spiro atoms. The van der Waals surface area contributed by atoms with Crippen LogP contribution in [0.25, 0.3) is 0 Å². The molecule has 0 aliphatic rings. The van der Waals surface area contributed by atoms with Crippen LogP contribution in [0.4, 0.5) is 0 Å². The van der Waals surface area contributed by atoms with E-state index in [9.17, 15) is 9.59 Å². The first-order chi connectivity index (χ1) is 9.85. The number of hydrogen-bond acceptors (Lipinski definition) is 6. The summed E-state index contributed by atoms with van der Waals surface area (Å²) in [6.45, 7) is 2.68. The fourth-order valence-corrected chi connectivity index (χ4v) is 3.83. The molecule has 0 fully saturated rings. The van der Waals surface area contributed by atoms with Gasteiger partial charge in [0.15, 0.2) is 0 Å². The lowest BCUT2D eigenvalue weighted by atomic mass is 10.1. The second-order valence-corrected chi connectivity index (χ2v) is 7.57. The van der Waals surface area contributed by atoms with Gasteiger partial charge in [0.1, 0.15) is 6.04 Å². The van der Waals surface area contributed by atoms with Crippen LogP contribution in [0.3, 0.4) is 0 Å². The summed E-state index contributed by atoms with van der Waals surface area (Å²) in [6, 6.07) is -0.497. The van der Waals surface area contributed by atoms with E-state index < -0.39 is 33.2 Å². The minimum Gasteiger partial charge on any atom is -0.481 e. The summed E-state index contributed by atoms with van der Waals surface area (Å²) < 4.78 is 15.9. The van der Waals surface area contributed by atoms with Gasteiger partial charge in [-0.2, -0.15) is 0 Å². The van der Waals surface area contributed by atoms with Crippen molar-refractivity contribution in [1.82, 2.24) is 4.90 Å². The molecule has 9 heteroatoms. The van der Waals surface area contributed by atoms with E-state index in [0.717, 1.165) is 0 Å². The largest absolute Gasteiger partial charge is 0.500 e. The van der Waals surface area contributed by atoms with Crippen LogP contribution in [-0.4, -0.2) is 76.3 Å². The Morgan fingerprint density at radius 2 is 1.67 bits per heavy atom. The Bertz CT molecular complexity index is 327. The van der Waals surface area contributed by atoms with Gasteiger partial charge in [-0.25, -0.2) is 0 Å². The topological polar surface area (TPSA) is 106 Å². The Labute approximate surface area is 126 Å². The number of nitrogens with zero attached hydrogens (tertiary/aromatic N) is 1. The lowest BCUT2D eigenvalue weighted by molar-refractivity contribution is -0.149. The van der Waals surface area contributed by atoms with Crippen molar-refractivity contribution in [1.29, 1.82) is 0 Å². The Kier molecular flexibility index (Phi) is 9.38. The van der Waals surface area contributed by atoms with Gasteiger partial charge in [0.05, 0.1) is 6.42 Å². The normalized spacial score (nSPS) is 13.4. The number of aliphatic carboxylic acids is 2. The van der Waals surface area contributed by atoms with E-state index in [4.69, 9.17) is 23.5 Å². The first-order valence-electron chi connectivity index (χ1n) is 6.69.